The van der Waals surface area contributed by atoms with Crippen molar-refractivity contribution >= 4 is 0 Å². The van der Waals surface area contributed by atoms with Crippen LogP contribution in [0.15, 0.2) is 18.2 Å². The van der Waals surface area contributed by atoms with Crippen LogP contribution >= 0.6 is 0 Å². The maximum absolute atomic E-state index is 13.6. The van der Waals surface area contributed by atoms with Gasteiger partial charge in [-0.2, -0.15) is 10.5 Å². The molecule has 1 aromatic carbocycles. The van der Waals surface area contributed by atoms with Gasteiger partial charge in [-0.3, -0.25) is 0 Å². The lowest BCUT2D eigenvalue weighted by Crippen LogP contribution is -1.88. The largest absolute Gasteiger partial charge is 0.361 e. The summed E-state index contributed by atoms with van der Waals surface area (Å²) >= 11 is 0. The molecule has 0 aliphatic carbocycles. The average Bonchev–Trinajstić information content (AvgIpc) is 2.63. The molecule has 0 amide bonds. The molecule has 0 bridgehead atoms. The lowest BCUT2D eigenvalue weighted by molar-refractivity contribution is 0.624. The molecule has 0 aliphatic rings. The van der Waals surface area contributed by atoms with E-state index < -0.39 is 5.82 Å². The van der Waals surface area contributed by atoms with Crippen LogP contribution in [0.2, 0.25) is 0 Å². The van der Waals surface area contributed by atoms with Crippen molar-refractivity contribution in [3.05, 3.63) is 46.5 Å². The molecule has 2 rings (SSSR count). The monoisotopic (exact) mass is 239 g/mol. The molecule has 4 heteroatoms. The molecule has 0 saturated heterocycles. The maximum Gasteiger partial charge on any atom is 0.141 e. The van der Waals surface area contributed by atoms with Gasteiger partial charge in [0.1, 0.15) is 18.0 Å². The van der Waals surface area contributed by atoms with Crippen molar-refractivity contribution in [2.24, 2.45) is 0 Å². The van der Waals surface area contributed by atoms with Crippen molar-refractivity contribution in [2.45, 2.75) is 13.8 Å². The van der Waals surface area contributed by atoms with Gasteiger partial charge in [0.25, 0.3) is 0 Å². The fourth-order valence-electron chi connectivity index (χ4n) is 2.04. The van der Waals surface area contributed by atoms with Crippen molar-refractivity contribution in [1.82, 2.24) is 4.98 Å². The lowest BCUT2D eigenvalue weighted by Gasteiger charge is -2.03. The topological polar surface area (TPSA) is 63.4 Å². The highest BCUT2D eigenvalue weighted by Gasteiger charge is 2.15. The predicted molar refractivity (Wildman–Crippen MR) is 65.1 cm³/mol. The first kappa shape index (κ1) is 11.9. The smallest absolute Gasteiger partial charge is 0.141 e. The molecule has 3 nitrogen and oxygen atoms in total. The van der Waals surface area contributed by atoms with Gasteiger partial charge < -0.3 is 4.98 Å². The highest BCUT2D eigenvalue weighted by Crippen LogP contribution is 2.30. The SMILES string of the molecule is Cc1[nH]c(C)c(-c2ccc(C#N)c(F)c2)c1C#N. The Morgan fingerprint density at radius 3 is 2.39 bits per heavy atom. The van der Waals surface area contributed by atoms with E-state index in [1.54, 1.807) is 19.1 Å². The Kier molecular flexibility index (Phi) is 2.87. The van der Waals surface area contributed by atoms with Crippen molar-refractivity contribution in [1.29, 1.82) is 10.5 Å². The number of hydrogen-bond acceptors (Lipinski definition) is 2. The second kappa shape index (κ2) is 4.35. The third-order valence-electron chi connectivity index (χ3n) is 2.87. The number of nitrogens with zero attached hydrogens (tertiary/aromatic N) is 2. The minimum atomic E-state index is -0.572. The van der Waals surface area contributed by atoms with Gasteiger partial charge in [0, 0.05) is 17.0 Å². The molecule has 0 spiro atoms. The van der Waals surface area contributed by atoms with Gasteiger partial charge in [-0.15, -0.1) is 0 Å². The minimum Gasteiger partial charge on any atom is -0.361 e. The summed E-state index contributed by atoms with van der Waals surface area (Å²) < 4.78 is 13.6. The molecular formula is C14H10FN3. The fourth-order valence-corrected chi connectivity index (χ4v) is 2.04. The molecule has 0 aliphatic heterocycles. The van der Waals surface area contributed by atoms with Crippen molar-refractivity contribution in [3.8, 4) is 23.3 Å². The quantitative estimate of drug-likeness (QED) is 0.830. The van der Waals surface area contributed by atoms with Crippen molar-refractivity contribution in [3.63, 3.8) is 0 Å². The maximum atomic E-state index is 13.6. The van der Waals surface area contributed by atoms with E-state index in [1.807, 2.05) is 6.92 Å². The predicted octanol–water partition coefficient (Wildman–Crippen LogP) is 3.18. The van der Waals surface area contributed by atoms with Gasteiger partial charge >= 0.3 is 0 Å². The first-order valence-electron chi connectivity index (χ1n) is 5.37. The molecule has 0 saturated carbocycles. The van der Waals surface area contributed by atoms with Crippen LogP contribution in [0.25, 0.3) is 11.1 Å². The number of aromatic nitrogens is 1. The van der Waals surface area contributed by atoms with E-state index >= 15 is 0 Å². The number of nitrogens with one attached hydrogen (secondary N) is 1. The van der Waals surface area contributed by atoms with Crippen LogP contribution in [0, 0.1) is 42.3 Å². The normalized spacial score (nSPS) is 9.83. The number of halogens is 1. The van der Waals surface area contributed by atoms with E-state index in [2.05, 4.69) is 11.1 Å². The fraction of sp³-hybridized carbons (Fsp3) is 0.143. The minimum absolute atomic E-state index is 0.00201. The molecule has 0 radical (unpaired) electrons. The van der Waals surface area contributed by atoms with Crippen molar-refractivity contribution in [2.75, 3.05) is 0 Å². The van der Waals surface area contributed by atoms with Crippen LogP contribution in [-0.4, -0.2) is 4.98 Å². The summed E-state index contributed by atoms with van der Waals surface area (Å²) in [7, 11) is 0. The number of H-pyrrole nitrogens is 1. The van der Waals surface area contributed by atoms with Crippen LogP contribution in [0.4, 0.5) is 4.39 Å². The number of hydrogen-bond donors (Lipinski definition) is 1. The Morgan fingerprint density at radius 2 is 1.83 bits per heavy atom. The molecule has 18 heavy (non-hydrogen) atoms. The number of nitriles is 2. The zero-order valence-corrected chi connectivity index (χ0v) is 10.0. The molecule has 0 unspecified atom stereocenters. The Morgan fingerprint density at radius 1 is 1.11 bits per heavy atom. The molecule has 0 atom stereocenters. The molecule has 1 N–H and O–H groups in total. The van der Waals surface area contributed by atoms with E-state index in [-0.39, 0.29) is 5.56 Å². The first-order chi connectivity index (χ1) is 8.58. The molecule has 88 valence electrons. The highest BCUT2D eigenvalue weighted by molar-refractivity contribution is 5.75. The van der Waals surface area contributed by atoms with Crippen molar-refractivity contribution < 1.29 is 4.39 Å². The standard InChI is InChI=1S/C14H10FN3/c1-8-12(7-17)14(9(2)18-8)10-3-4-11(6-16)13(15)5-10/h3-5,18H,1-2H3. The summed E-state index contributed by atoms with van der Waals surface area (Å²) in [5.41, 5.74) is 3.38. The number of aryl methyl sites for hydroxylation is 2. The summed E-state index contributed by atoms with van der Waals surface area (Å²) in [5, 5.41) is 17.8. The number of benzene rings is 1. The van der Waals surface area contributed by atoms with E-state index in [1.165, 1.54) is 12.1 Å². The molecule has 1 aromatic heterocycles. The van der Waals surface area contributed by atoms with E-state index in [9.17, 15) is 4.39 Å². The summed E-state index contributed by atoms with van der Waals surface area (Å²) in [6.45, 7) is 3.63. The lowest BCUT2D eigenvalue weighted by atomic mass is 10.00. The zero-order chi connectivity index (χ0) is 13.3. The Bertz CT molecular complexity index is 699. The van der Waals surface area contributed by atoms with Crippen LogP contribution in [0.1, 0.15) is 22.5 Å². The van der Waals surface area contributed by atoms with Crippen LogP contribution in [-0.2, 0) is 0 Å². The number of aromatic amines is 1. The van der Waals surface area contributed by atoms with Gasteiger partial charge in [-0.05, 0) is 31.5 Å². The third kappa shape index (κ3) is 1.74. The molecule has 0 fully saturated rings. The van der Waals surface area contributed by atoms with Crippen LogP contribution in [0.5, 0.6) is 0 Å². The van der Waals surface area contributed by atoms with Crippen LogP contribution < -0.4 is 0 Å². The summed E-state index contributed by atoms with van der Waals surface area (Å²) in [5.74, 6) is -0.572. The third-order valence-corrected chi connectivity index (χ3v) is 2.87. The van der Waals surface area contributed by atoms with E-state index in [0.717, 1.165) is 11.4 Å². The first-order valence-corrected chi connectivity index (χ1v) is 5.37. The van der Waals surface area contributed by atoms with Gasteiger partial charge in [0.15, 0.2) is 0 Å². The number of rotatable bonds is 1. The molecule has 2 aromatic rings. The molecular weight excluding hydrogens is 229 g/mol. The van der Waals surface area contributed by atoms with Gasteiger partial charge in [0.2, 0.25) is 0 Å². The highest BCUT2D eigenvalue weighted by atomic mass is 19.1. The summed E-state index contributed by atoms with van der Waals surface area (Å²) in [4.78, 5) is 3.06. The summed E-state index contributed by atoms with van der Waals surface area (Å²) in [6.07, 6.45) is 0. The Balaban J connectivity index is 2.68. The van der Waals surface area contributed by atoms with Gasteiger partial charge in [-0.25, -0.2) is 4.39 Å². The van der Waals surface area contributed by atoms with E-state index in [4.69, 9.17) is 10.5 Å². The summed E-state index contributed by atoms with van der Waals surface area (Å²) in [6, 6.07) is 8.25. The van der Waals surface area contributed by atoms with Gasteiger partial charge in [-0.1, -0.05) is 6.07 Å². The Hall–Kier alpha value is -2.59. The molecule has 1 heterocycles. The van der Waals surface area contributed by atoms with Crippen LogP contribution in [0.3, 0.4) is 0 Å². The second-order valence-electron chi connectivity index (χ2n) is 4.04. The Labute approximate surface area is 104 Å². The zero-order valence-electron chi connectivity index (χ0n) is 10.0. The van der Waals surface area contributed by atoms with E-state index in [0.29, 0.717) is 16.7 Å². The van der Waals surface area contributed by atoms with Gasteiger partial charge in [0.05, 0.1) is 11.1 Å². The second-order valence-corrected chi connectivity index (χ2v) is 4.04. The average molecular weight is 239 g/mol.